The van der Waals surface area contributed by atoms with E-state index in [1.165, 1.54) is 25.9 Å². The molecule has 1 aromatic rings. The van der Waals surface area contributed by atoms with Gasteiger partial charge in [0, 0.05) is 20.1 Å². The number of likely N-dealkylation sites (tertiary alicyclic amines) is 1. The minimum absolute atomic E-state index is 0.203. The van der Waals surface area contributed by atoms with E-state index in [1.54, 1.807) is 0 Å². The summed E-state index contributed by atoms with van der Waals surface area (Å²) in [5.74, 6) is 0.775. The van der Waals surface area contributed by atoms with E-state index in [2.05, 4.69) is 19.9 Å². The van der Waals surface area contributed by atoms with Crippen LogP contribution in [0.5, 0.6) is 6.01 Å². The van der Waals surface area contributed by atoms with Crippen LogP contribution in [0.25, 0.3) is 0 Å². The largest absolute Gasteiger partial charge is 0.463 e. The van der Waals surface area contributed by atoms with Gasteiger partial charge in [-0.1, -0.05) is 6.92 Å². The highest BCUT2D eigenvalue weighted by Gasteiger charge is 2.14. The number of hydrogen-bond donors (Lipinski definition) is 1. The molecule has 0 radical (unpaired) electrons. The van der Waals surface area contributed by atoms with Crippen molar-refractivity contribution in [3.05, 3.63) is 0 Å². The Morgan fingerprint density at radius 3 is 2.70 bits per heavy atom. The second kappa shape index (κ2) is 7.23. The quantitative estimate of drug-likeness (QED) is 0.790. The van der Waals surface area contributed by atoms with Crippen LogP contribution in [-0.2, 0) is 0 Å². The van der Waals surface area contributed by atoms with Crippen molar-refractivity contribution in [3.63, 3.8) is 0 Å². The lowest BCUT2D eigenvalue weighted by molar-refractivity contribution is 0.291. The van der Waals surface area contributed by atoms with E-state index in [-0.39, 0.29) is 5.95 Å². The fourth-order valence-electron chi connectivity index (χ4n) is 2.19. The number of anilines is 2. The molecule has 2 N–H and O–H groups in total. The summed E-state index contributed by atoms with van der Waals surface area (Å²) in [5, 5.41) is 0. The van der Waals surface area contributed by atoms with E-state index in [4.69, 9.17) is 10.5 Å². The smallest absolute Gasteiger partial charge is 0.323 e. The standard InChI is InChI=1S/C13H24N6O/c1-3-10-20-13-16-11(14)15-12(17-13)18(2)8-9-19-6-4-5-7-19/h3-10H2,1-2H3,(H2,14,15,16,17). The van der Waals surface area contributed by atoms with Crippen LogP contribution in [-0.4, -0.2) is 59.7 Å². The van der Waals surface area contributed by atoms with Gasteiger partial charge in [-0.05, 0) is 32.4 Å². The predicted molar refractivity (Wildman–Crippen MR) is 79.0 cm³/mol. The van der Waals surface area contributed by atoms with Crippen molar-refractivity contribution in [2.75, 3.05) is 50.5 Å². The van der Waals surface area contributed by atoms with Gasteiger partial charge in [-0.25, -0.2) is 0 Å². The maximum Gasteiger partial charge on any atom is 0.323 e. The lowest BCUT2D eigenvalue weighted by Crippen LogP contribution is -2.32. The molecule has 1 aromatic heterocycles. The van der Waals surface area contributed by atoms with E-state index in [1.807, 2.05) is 18.9 Å². The Bertz CT molecular complexity index is 421. The summed E-state index contributed by atoms with van der Waals surface area (Å²) < 4.78 is 5.43. The van der Waals surface area contributed by atoms with E-state index >= 15 is 0 Å². The van der Waals surface area contributed by atoms with E-state index < -0.39 is 0 Å². The normalized spacial score (nSPS) is 15.5. The van der Waals surface area contributed by atoms with Crippen LogP contribution in [0.4, 0.5) is 11.9 Å². The summed E-state index contributed by atoms with van der Waals surface area (Å²) in [7, 11) is 1.97. The minimum atomic E-state index is 0.203. The number of rotatable bonds is 7. The van der Waals surface area contributed by atoms with Gasteiger partial charge >= 0.3 is 6.01 Å². The van der Waals surface area contributed by atoms with Gasteiger partial charge in [0.05, 0.1) is 6.61 Å². The number of nitrogens with zero attached hydrogens (tertiary/aromatic N) is 5. The second-order valence-electron chi connectivity index (χ2n) is 5.09. The zero-order valence-electron chi connectivity index (χ0n) is 12.4. The molecular formula is C13H24N6O. The van der Waals surface area contributed by atoms with Crippen LogP contribution in [0, 0.1) is 0 Å². The Morgan fingerprint density at radius 1 is 1.25 bits per heavy atom. The van der Waals surface area contributed by atoms with Crippen molar-refractivity contribution >= 4 is 11.9 Å². The third-order valence-electron chi connectivity index (χ3n) is 3.35. The average molecular weight is 280 g/mol. The molecule has 0 bridgehead atoms. The lowest BCUT2D eigenvalue weighted by Gasteiger charge is -2.21. The van der Waals surface area contributed by atoms with Crippen LogP contribution >= 0.6 is 0 Å². The van der Waals surface area contributed by atoms with Crippen molar-refractivity contribution in [1.82, 2.24) is 19.9 Å². The number of nitrogen functional groups attached to an aromatic ring is 1. The summed E-state index contributed by atoms with van der Waals surface area (Å²) in [6, 6.07) is 0.308. The van der Waals surface area contributed by atoms with Gasteiger partial charge in [0.1, 0.15) is 0 Å². The van der Waals surface area contributed by atoms with Gasteiger partial charge in [-0.2, -0.15) is 15.0 Å². The van der Waals surface area contributed by atoms with Gasteiger partial charge < -0.3 is 20.3 Å². The first-order valence-corrected chi connectivity index (χ1v) is 7.27. The Hall–Kier alpha value is -1.63. The third-order valence-corrected chi connectivity index (χ3v) is 3.35. The Kier molecular flexibility index (Phi) is 5.34. The molecular weight excluding hydrogens is 256 g/mol. The molecule has 7 nitrogen and oxygen atoms in total. The topological polar surface area (TPSA) is 80.4 Å². The number of ether oxygens (including phenoxy) is 1. The molecule has 1 fully saturated rings. The van der Waals surface area contributed by atoms with E-state index in [9.17, 15) is 0 Å². The fourth-order valence-corrected chi connectivity index (χ4v) is 2.19. The Balaban J connectivity index is 1.93. The second-order valence-corrected chi connectivity index (χ2v) is 5.09. The van der Waals surface area contributed by atoms with Crippen LogP contribution in [0.3, 0.4) is 0 Å². The number of hydrogen-bond acceptors (Lipinski definition) is 7. The third kappa shape index (κ3) is 4.19. The van der Waals surface area contributed by atoms with Crippen molar-refractivity contribution in [2.24, 2.45) is 0 Å². The lowest BCUT2D eigenvalue weighted by atomic mass is 10.4. The van der Waals surface area contributed by atoms with Crippen molar-refractivity contribution in [1.29, 1.82) is 0 Å². The number of nitrogens with two attached hydrogens (primary N) is 1. The van der Waals surface area contributed by atoms with Crippen molar-refractivity contribution in [3.8, 4) is 6.01 Å². The number of aromatic nitrogens is 3. The zero-order valence-corrected chi connectivity index (χ0v) is 12.4. The van der Waals surface area contributed by atoms with Gasteiger partial charge in [-0.3, -0.25) is 0 Å². The molecule has 1 aliphatic heterocycles. The molecule has 0 saturated carbocycles. The Labute approximate surface area is 120 Å². The maximum absolute atomic E-state index is 5.71. The summed E-state index contributed by atoms with van der Waals surface area (Å²) in [6.45, 7) is 6.90. The molecule has 0 spiro atoms. The summed E-state index contributed by atoms with van der Waals surface area (Å²) in [6.07, 6.45) is 3.51. The first-order valence-electron chi connectivity index (χ1n) is 7.27. The molecule has 0 aromatic carbocycles. The average Bonchev–Trinajstić information content (AvgIpc) is 2.95. The summed E-state index contributed by atoms with van der Waals surface area (Å²) >= 11 is 0. The zero-order chi connectivity index (χ0) is 14.4. The molecule has 2 heterocycles. The van der Waals surface area contributed by atoms with Crippen molar-refractivity contribution < 1.29 is 4.74 Å². The molecule has 2 rings (SSSR count). The van der Waals surface area contributed by atoms with Crippen LogP contribution in [0.1, 0.15) is 26.2 Å². The van der Waals surface area contributed by atoms with Gasteiger partial charge in [-0.15, -0.1) is 0 Å². The molecule has 7 heteroatoms. The minimum Gasteiger partial charge on any atom is -0.463 e. The number of likely N-dealkylation sites (N-methyl/N-ethyl adjacent to an activating group) is 1. The summed E-state index contributed by atoms with van der Waals surface area (Å²) in [4.78, 5) is 16.9. The van der Waals surface area contributed by atoms with Gasteiger partial charge in [0.15, 0.2) is 0 Å². The van der Waals surface area contributed by atoms with E-state index in [0.717, 1.165) is 19.5 Å². The monoisotopic (exact) mass is 280 g/mol. The molecule has 0 atom stereocenters. The highest BCUT2D eigenvalue weighted by molar-refractivity contribution is 5.34. The highest BCUT2D eigenvalue weighted by atomic mass is 16.5. The molecule has 20 heavy (non-hydrogen) atoms. The summed E-state index contributed by atoms with van der Waals surface area (Å²) in [5.41, 5.74) is 5.71. The molecule has 0 unspecified atom stereocenters. The van der Waals surface area contributed by atoms with Crippen LogP contribution in [0.15, 0.2) is 0 Å². The van der Waals surface area contributed by atoms with Crippen molar-refractivity contribution in [2.45, 2.75) is 26.2 Å². The molecule has 0 aliphatic carbocycles. The Morgan fingerprint density at radius 2 is 2.00 bits per heavy atom. The molecule has 0 amide bonds. The highest BCUT2D eigenvalue weighted by Crippen LogP contribution is 2.13. The molecule has 1 saturated heterocycles. The van der Waals surface area contributed by atoms with Gasteiger partial charge in [0.25, 0.3) is 0 Å². The SMILES string of the molecule is CCCOc1nc(N)nc(N(C)CCN2CCCC2)n1. The van der Waals surface area contributed by atoms with Gasteiger partial charge in [0.2, 0.25) is 11.9 Å². The van der Waals surface area contributed by atoms with Crippen LogP contribution in [0.2, 0.25) is 0 Å². The first kappa shape index (κ1) is 14.8. The first-order chi connectivity index (χ1) is 9.69. The van der Waals surface area contributed by atoms with E-state index in [0.29, 0.717) is 18.6 Å². The molecule has 112 valence electrons. The van der Waals surface area contributed by atoms with Crippen LogP contribution < -0.4 is 15.4 Å². The fraction of sp³-hybridized carbons (Fsp3) is 0.769. The molecule has 1 aliphatic rings. The maximum atomic E-state index is 5.71. The predicted octanol–water partition coefficient (Wildman–Crippen LogP) is 0.775.